The van der Waals surface area contributed by atoms with Crippen molar-refractivity contribution in [1.29, 1.82) is 0 Å². The number of nitrogens with two attached hydrogens (primary N) is 1. The van der Waals surface area contributed by atoms with Crippen molar-refractivity contribution < 1.29 is 8.42 Å². The maximum Gasteiger partial charge on any atom is 0.323 e. The second kappa shape index (κ2) is 4.63. The number of fused-ring (bicyclic) bond motifs is 1. The smallest absolute Gasteiger partial charge is 0.323 e. The Kier molecular flexibility index (Phi) is 2.91. The van der Waals surface area contributed by atoms with Crippen LogP contribution >= 0.6 is 0 Å². The molecular formula is C12H11N5O3S. The first-order chi connectivity index (χ1) is 9.94. The summed E-state index contributed by atoms with van der Waals surface area (Å²) in [5.74, 6) is 0.236. The van der Waals surface area contributed by atoms with Gasteiger partial charge in [0.25, 0.3) is 10.0 Å². The lowest BCUT2D eigenvalue weighted by Crippen LogP contribution is -2.13. The molecule has 8 nitrogen and oxygen atoms in total. The number of anilines is 2. The Morgan fingerprint density at radius 3 is 2.57 bits per heavy atom. The molecule has 21 heavy (non-hydrogen) atoms. The molecule has 2 aromatic heterocycles. The van der Waals surface area contributed by atoms with E-state index in [1.807, 2.05) is 0 Å². The average molecular weight is 305 g/mol. The monoisotopic (exact) mass is 305 g/mol. The van der Waals surface area contributed by atoms with Gasteiger partial charge >= 0.3 is 5.69 Å². The number of H-pyrrole nitrogens is 2. The fourth-order valence-corrected chi connectivity index (χ4v) is 2.85. The maximum absolute atomic E-state index is 12.2. The maximum atomic E-state index is 12.2. The van der Waals surface area contributed by atoms with Crippen LogP contribution in [0.4, 0.5) is 11.5 Å². The highest BCUT2D eigenvalue weighted by molar-refractivity contribution is 7.92. The number of benzene rings is 1. The predicted molar refractivity (Wildman–Crippen MR) is 78.4 cm³/mol. The largest absolute Gasteiger partial charge is 0.384 e. The molecule has 2 heterocycles. The number of aromatic amines is 2. The molecule has 0 fully saturated rings. The lowest BCUT2D eigenvalue weighted by Gasteiger charge is -2.07. The Hall–Kier alpha value is -2.81. The zero-order valence-electron chi connectivity index (χ0n) is 10.6. The number of rotatable bonds is 3. The highest BCUT2D eigenvalue weighted by Gasteiger charge is 2.15. The van der Waals surface area contributed by atoms with Crippen LogP contribution in [0.15, 0.2) is 46.2 Å². The van der Waals surface area contributed by atoms with Crippen molar-refractivity contribution in [2.24, 2.45) is 0 Å². The SMILES string of the molecule is Nc1ccc(S(=O)(=O)Nc2ccc3[nH]c(=O)[nH]c3c2)cn1. The van der Waals surface area contributed by atoms with Crippen LogP contribution < -0.4 is 16.1 Å². The van der Waals surface area contributed by atoms with Crippen LogP contribution in [-0.2, 0) is 10.0 Å². The minimum atomic E-state index is -3.76. The fraction of sp³-hybridized carbons (Fsp3) is 0. The molecule has 3 aromatic rings. The number of hydrogen-bond donors (Lipinski definition) is 4. The summed E-state index contributed by atoms with van der Waals surface area (Å²) in [5.41, 5.74) is 6.50. The van der Waals surface area contributed by atoms with E-state index in [0.717, 1.165) is 0 Å². The fourth-order valence-electron chi connectivity index (χ4n) is 1.86. The van der Waals surface area contributed by atoms with E-state index in [1.165, 1.54) is 24.4 Å². The van der Waals surface area contributed by atoms with Gasteiger partial charge in [-0.3, -0.25) is 4.72 Å². The number of nitrogen functional groups attached to an aromatic ring is 1. The van der Waals surface area contributed by atoms with E-state index in [0.29, 0.717) is 16.7 Å². The number of sulfonamides is 1. The molecule has 0 spiro atoms. The lowest BCUT2D eigenvalue weighted by molar-refractivity contribution is 0.601. The Labute approximate surface area is 119 Å². The van der Waals surface area contributed by atoms with Gasteiger partial charge in [0.2, 0.25) is 0 Å². The third-order valence-electron chi connectivity index (χ3n) is 2.84. The van der Waals surface area contributed by atoms with Gasteiger partial charge in [0.1, 0.15) is 10.7 Å². The van der Waals surface area contributed by atoms with E-state index in [9.17, 15) is 13.2 Å². The molecule has 0 unspecified atom stereocenters. The first-order valence-corrected chi connectivity index (χ1v) is 7.39. The predicted octanol–water partition coefficient (Wildman–Crippen LogP) is 0.634. The summed E-state index contributed by atoms with van der Waals surface area (Å²) in [6.07, 6.45) is 1.17. The molecule has 9 heteroatoms. The van der Waals surface area contributed by atoms with E-state index in [2.05, 4.69) is 19.7 Å². The number of nitrogens with one attached hydrogen (secondary N) is 3. The molecule has 1 aromatic carbocycles. The summed E-state index contributed by atoms with van der Waals surface area (Å²) in [7, 11) is -3.76. The molecule has 0 aliphatic rings. The minimum absolute atomic E-state index is 0.000593. The Morgan fingerprint density at radius 2 is 1.86 bits per heavy atom. The van der Waals surface area contributed by atoms with Gasteiger partial charge in [-0.15, -0.1) is 0 Å². The van der Waals surface area contributed by atoms with Gasteiger partial charge < -0.3 is 15.7 Å². The molecule has 0 radical (unpaired) electrons. The van der Waals surface area contributed by atoms with Gasteiger partial charge in [0.05, 0.1) is 16.7 Å². The Morgan fingerprint density at radius 1 is 1.10 bits per heavy atom. The molecule has 0 aliphatic heterocycles. The third kappa shape index (κ3) is 2.58. The number of nitrogens with zero attached hydrogens (tertiary/aromatic N) is 1. The highest BCUT2D eigenvalue weighted by Crippen LogP contribution is 2.19. The van der Waals surface area contributed by atoms with Gasteiger partial charge in [0, 0.05) is 6.20 Å². The van der Waals surface area contributed by atoms with Crippen molar-refractivity contribution >= 4 is 32.6 Å². The Balaban J connectivity index is 1.96. The van der Waals surface area contributed by atoms with E-state index in [1.54, 1.807) is 12.1 Å². The molecule has 5 N–H and O–H groups in total. The summed E-state index contributed by atoms with van der Waals surface area (Å²) in [6.45, 7) is 0. The van der Waals surface area contributed by atoms with E-state index in [4.69, 9.17) is 5.73 Å². The number of aromatic nitrogens is 3. The van der Waals surface area contributed by atoms with Crippen molar-refractivity contribution in [3.63, 3.8) is 0 Å². The minimum Gasteiger partial charge on any atom is -0.384 e. The molecule has 0 saturated carbocycles. The van der Waals surface area contributed by atoms with Crippen molar-refractivity contribution in [2.75, 3.05) is 10.5 Å². The molecule has 108 valence electrons. The first-order valence-electron chi connectivity index (χ1n) is 5.90. The normalized spacial score (nSPS) is 11.6. The second-order valence-electron chi connectivity index (χ2n) is 4.36. The van der Waals surface area contributed by atoms with Crippen LogP contribution in [0.5, 0.6) is 0 Å². The molecular weight excluding hydrogens is 294 g/mol. The lowest BCUT2D eigenvalue weighted by atomic mass is 10.3. The quantitative estimate of drug-likeness (QED) is 0.563. The van der Waals surface area contributed by atoms with Crippen LogP contribution in [0.25, 0.3) is 11.0 Å². The van der Waals surface area contributed by atoms with Gasteiger partial charge in [-0.2, -0.15) is 0 Å². The van der Waals surface area contributed by atoms with E-state index >= 15 is 0 Å². The zero-order valence-corrected chi connectivity index (χ0v) is 11.4. The summed E-state index contributed by atoms with van der Waals surface area (Å²) < 4.78 is 26.8. The molecule has 0 saturated heterocycles. The summed E-state index contributed by atoms with van der Waals surface area (Å²) in [4.78, 5) is 20.0. The van der Waals surface area contributed by atoms with Crippen LogP contribution in [0.2, 0.25) is 0 Å². The summed E-state index contributed by atoms with van der Waals surface area (Å²) >= 11 is 0. The van der Waals surface area contributed by atoms with Crippen molar-refractivity contribution in [2.45, 2.75) is 4.90 Å². The van der Waals surface area contributed by atoms with Crippen LogP contribution in [0.3, 0.4) is 0 Å². The molecule has 0 aliphatic carbocycles. The van der Waals surface area contributed by atoms with Crippen LogP contribution in [0.1, 0.15) is 0 Å². The van der Waals surface area contributed by atoms with E-state index in [-0.39, 0.29) is 16.4 Å². The van der Waals surface area contributed by atoms with E-state index < -0.39 is 10.0 Å². The molecule has 0 atom stereocenters. The third-order valence-corrected chi connectivity index (χ3v) is 4.20. The molecule has 3 rings (SSSR count). The molecule has 0 amide bonds. The standard InChI is InChI=1S/C12H11N5O3S/c13-11-4-2-8(6-14-11)21(19,20)17-7-1-3-9-10(5-7)16-12(18)15-9/h1-6,17H,(H2,13,14)(H2,15,16,18). The van der Waals surface area contributed by atoms with Crippen molar-refractivity contribution in [3.05, 3.63) is 47.0 Å². The summed E-state index contributed by atoms with van der Waals surface area (Å²) in [6, 6.07) is 7.44. The van der Waals surface area contributed by atoms with Gasteiger partial charge in [-0.25, -0.2) is 18.2 Å². The van der Waals surface area contributed by atoms with Crippen LogP contribution in [0, 0.1) is 0 Å². The number of hydrogen-bond acceptors (Lipinski definition) is 5. The molecule has 0 bridgehead atoms. The van der Waals surface area contributed by atoms with Crippen molar-refractivity contribution in [1.82, 2.24) is 15.0 Å². The average Bonchev–Trinajstić information content (AvgIpc) is 2.78. The number of imidazole rings is 1. The summed E-state index contributed by atoms with van der Waals surface area (Å²) in [5, 5.41) is 0. The highest BCUT2D eigenvalue weighted by atomic mass is 32.2. The van der Waals surface area contributed by atoms with Gasteiger partial charge in [-0.1, -0.05) is 0 Å². The van der Waals surface area contributed by atoms with Crippen molar-refractivity contribution in [3.8, 4) is 0 Å². The second-order valence-corrected chi connectivity index (χ2v) is 6.05. The zero-order chi connectivity index (χ0) is 15.0. The van der Waals surface area contributed by atoms with Gasteiger partial charge in [0.15, 0.2) is 0 Å². The first kappa shape index (κ1) is 13.2. The van der Waals surface area contributed by atoms with Crippen LogP contribution in [-0.4, -0.2) is 23.4 Å². The Bertz CT molecular complexity index is 956. The topological polar surface area (TPSA) is 134 Å². The number of pyridine rings is 1. The van der Waals surface area contributed by atoms with Gasteiger partial charge in [-0.05, 0) is 30.3 Å².